The summed E-state index contributed by atoms with van der Waals surface area (Å²) in [5.41, 5.74) is 5.85. The monoisotopic (exact) mass is 354 g/mol. The summed E-state index contributed by atoms with van der Waals surface area (Å²) in [5, 5.41) is 26.1. The molecule has 0 aromatic heterocycles. The molecule has 0 fully saturated rings. The molecule has 0 saturated heterocycles. The number of carbonyl (C=O) groups is 2. The zero-order chi connectivity index (χ0) is 18.8. The summed E-state index contributed by atoms with van der Waals surface area (Å²) >= 11 is 0. The number of hydrazone groups is 2. The van der Waals surface area contributed by atoms with Crippen LogP contribution < -0.4 is 10.9 Å². The van der Waals surface area contributed by atoms with Gasteiger partial charge in [0, 0.05) is 12.8 Å². The lowest BCUT2D eigenvalue weighted by Crippen LogP contribution is -2.22. The molecule has 8 nitrogen and oxygen atoms in total. The van der Waals surface area contributed by atoms with Gasteiger partial charge in [0.1, 0.15) is 11.5 Å². The van der Waals surface area contributed by atoms with Crippen molar-refractivity contribution in [1.82, 2.24) is 10.9 Å². The molecule has 0 aliphatic rings. The highest BCUT2D eigenvalue weighted by atomic mass is 16.3. The fraction of sp³-hybridized carbons (Fsp3) is 0.111. The Morgan fingerprint density at radius 1 is 0.808 bits per heavy atom. The Morgan fingerprint density at radius 2 is 1.23 bits per heavy atom. The minimum Gasteiger partial charge on any atom is -0.508 e. The van der Waals surface area contributed by atoms with Crippen molar-refractivity contribution >= 4 is 24.2 Å². The third-order valence-corrected chi connectivity index (χ3v) is 3.13. The van der Waals surface area contributed by atoms with Gasteiger partial charge in [-0.1, -0.05) is 24.3 Å². The maximum absolute atomic E-state index is 11.6. The average molecular weight is 354 g/mol. The van der Waals surface area contributed by atoms with Gasteiger partial charge in [0.25, 0.3) is 0 Å². The van der Waals surface area contributed by atoms with E-state index in [4.69, 9.17) is 0 Å². The Kier molecular flexibility index (Phi) is 6.87. The number of aromatic hydroxyl groups is 2. The molecule has 0 aliphatic carbocycles. The first-order chi connectivity index (χ1) is 12.5. The minimum atomic E-state index is -0.423. The van der Waals surface area contributed by atoms with Crippen molar-refractivity contribution in [1.29, 1.82) is 0 Å². The molecule has 0 heterocycles. The second-order valence-corrected chi connectivity index (χ2v) is 5.28. The Morgan fingerprint density at radius 3 is 1.62 bits per heavy atom. The molecule has 0 spiro atoms. The molecule has 0 radical (unpaired) electrons. The number of carbonyl (C=O) groups excluding carboxylic acids is 2. The van der Waals surface area contributed by atoms with Crippen LogP contribution in [0.2, 0.25) is 0 Å². The lowest BCUT2D eigenvalue weighted by atomic mass is 10.2. The molecule has 2 aromatic carbocycles. The number of phenolic OH excluding ortho intramolecular Hbond substituents is 2. The summed E-state index contributed by atoms with van der Waals surface area (Å²) in [6.45, 7) is 0. The molecular weight excluding hydrogens is 336 g/mol. The molecule has 0 atom stereocenters. The fourth-order valence-corrected chi connectivity index (χ4v) is 1.91. The maximum atomic E-state index is 11.6. The van der Waals surface area contributed by atoms with Gasteiger partial charge in [0.2, 0.25) is 11.8 Å². The van der Waals surface area contributed by atoms with Crippen LogP contribution in [0.5, 0.6) is 11.5 Å². The lowest BCUT2D eigenvalue weighted by molar-refractivity contribution is -0.126. The summed E-state index contributed by atoms with van der Waals surface area (Å²) in [6, 6.07) is 12.8. The number of hydrogen-bond acceptors (Lipinski definition) is 6. The molecule has 2 aromatic rings. The van der Waals surface area contributed by atoms with Crippen molar-refractivity contribution in [2.75, 3.05) is 0 Å². The second kappa shape index (κ2) is 9.58. The highest BCUT2D eigenvalue weighted by Gasteiger charge is 2.05. The third kappa shape index (κ3) is 6.83. The average Bonchev–Trinajstić information content (AvgIpc) is 2.60. The Labute approximate surface area is 149 Å². The van der Waals surface area contributed by atoms with Crippen molar-refractivity contribution in [3.8, 4) is 11.5 Å². The van der Waals surface area contributed by atoms with Crippen molar-refractivity contribution < 1.29 is 19.8 Å². The first-order valence-corrected chi connectivity index (χ1v) is 7.75. The van der Waals surface area contributed by atoms with E-state index in [-0.39, 0.29) is 24.3 Å². The molecule has 4 N–H and O–H groups in total. The van der Waals surface area contributed by atoms with Crippen LogP contribution in [0, 0.1) is 0 Å². The van der Waals surface area contributed by atoms with Crippen LogP contribution in [0.25, 0.3) is 0 Å². The number of phenols is 2. The minimum absolute atomic E-state index is 0.0507. The highest BCUT2D eigenvalue weighted by Crippen LogP contribution is 2.09. The van der Waals surface area contributed by atoms with E-state index in [1.807, 2.05) is 0 Å². The molecule has 8 heteroatoms. The summed E-state index contributed by atoms with van der Waals surface area (Å²) in [7, 11) is 0. The number of nitrogens with one attached hydrogen (secondary N) is 2. The van der Waals surface area contributed by atoms with E-state index in [1.54, 1.807) is 24.3 Å². The van der Waals surface area contributed by atoms with Crippen LogP contribution in [0.3, 0.4) is 0 Å². The van der Waals surface area contributed by atoms with Gasteiger partial charge in [-0.2, -0.15) is 10.2 Å². The van der Waals surface area contributed by atoms with Crippen LogP contribution in [0.4, 0.5) is 0 Å². The Hall–Kier alpha value is -3.68. The van der Waals surface area contributed by atoms with Crippen LogP contribution in [-0.2, 0) is 9.59 Å². The molecule has 0 aliphatic heterocycles. The van der Waals surface area contributed by atoms with E-state index < -0.39 is 11.8 Å². The van der Waals surface area contributed by atoms with Crippen LogP contribution >= 0.6 is 0 Å². The molecular formula is C18H18N4O4. The van der Waals surface area contributed by atoms with E-state index in [0.717, 1.165) is 0 Å². The zero-order valence-electron chi connectivity index (χ0n) is 13.8. The predicted octanol–water partition coefficient (Wildman–Crippen LogP) is 1.48. The predicted molar refractivity (Wildman–Crippen MR) is 96.9 cm³/mol. The van der Waals surface area contributed by atoms with Gasteiger partial charge in [0.15, 0.2) is 0 Å². The normalized spacial score (nSPS) is 10.9. The first-order valence-electron chi connectivity index (χ1n) is 7.75. The van der Waals surface area contributed by atoms with Gasteiger partial charge in [-0.3, -0.25) is 9.59 Å². The quantitative estimate of drug-likeness (QED) is 0.444. The van der Waals surface area contributed by atoms with Crippen LogP contribution in [0.1, 0.15) is 24.0 Å². The molecule has 26 heavy (non-hydrogen) atoms. The molecule has 0 bridgehead atoms. The SMILES string of the molecule is O=C(CCC(=O)NN=Cc1cccc(O)c1)NN=Cc1cccc(O)c1. The highest BCUT2D eigenvalue weighted by molar-refractivity contribution is 5.86. The van der Waals surface area contributed by atoms with E-state index >= 15 is 0 Å². The van der Waals surface area contributed by atoms with Gasteiger partial charge < -0.3 is 10.2 Å². The number of amides is 2. The summed E-state index contributed by atoms with van der Waals surface area (Å²) in [4.78, 5) is 23.2. The molecule has 2 rings (SSSR count). The number of rotatable bonds is 7. The van der Waals surface area contributed by atoms with Gasteiger partial charge >= 0.3 is 0 Å². The summed E-state index contributed by atoms with van der Waals surface area (Å²) < 4.78 is 0. The van der Waals surface area contributed by atoms with Crippen LogP contribution in [-0.4, -0.2) is 34.5 Å². The molecule has 0 saturated carbocycles. The zero-order valence-corrected chi connectivity index (χ0v) is 13.8. The Balaban J connectivity index is 1.69. The van der Waals surface area contributed by atoms with E-state index in [1.165, 1.54) is 36.7 Å². The largest absolute Gasteiger partial charge is 0.508 e. The van der Waals surface area contributed by atoms with Crippen molar-refractivity contribution in [3.63, 3.8) is 0 Å². The van der Waals surface area contributed by atoms with Crippen molar-refractivity contribution in [2.45, 2.75) is 12.8 Å². The van der Waals surface area contributed by atoms with E-state index in [9.17, 15) is 19.8 Å². The first kappa shape index (κ1) is 18.7. The molecule has 0 unspecified atom stereocenters. The van der Waals surface area contributed by atoms with E-state index in [0.29, 0.717) is 11.1 Å². The standard InChI is InChI=1S/C18H18N4O4/c23-15-5-1-3-13(9-15)11-19-21-17(25)7-8-18(26)22-20-12-14-4-2-6-16(24)10-14/h1-6,9-12,23-24H,7-8H2,(H,21,25)(H,22,26). The third-order valence-electron chi connectivity index (χ3n) is 3.13. The second-order valence-electron chi connectivity index (χ2n) is 5.28. The Bertz CT molecular complexity index is 764. The lowest BCUT2D eigenvalue weighted by Gasteiger charge is -2.00. The van der Waals surface area contributed by atoms with E-state index in [2.05, 4.69) is 21.1 Å². The van der Waals surface area contributed by atoms with Gasteiger partial charge in [-0.15, -0.1) is 0 Å². The number of hydrogen-bond donors (Lipinski definition) is 4. The number of nitrogens with zero attached hydrogens (tertiary/aromatic N) is 2. The van der Waals surface area contributed by atoms with Crippen molar-refractivity contribution in [3.05, 3.63) is 59.7 Å². The smallest absolute Gasteiger partial charge is 0.240 e. The van der Waals surface area contributed by atoms with Gasteiger partial charge in [-0.05, 0) is 35.4 Å². The molecule has 2 amide bonds. The summed E-state index contributed by atoms with van der Waals surface area (Å²) in [5.74, 6) is -0.645. The molecule has 134 valence electrons. The number of benzene rings is 2. The van der Waals surface area contributed by atoms with Gasteiger partial charge in [-0.25, -0.2) is 10.9 Å². The topological polar surface area (TPSA) is 123 Å². The van der Waals surface area contributed by atoms with Gasteiger partial charge in [0.05, 0.1) is 12.4 Å². The van der Waals surface area contributed by atoms with Crippen molar-refractivity contribution in [2.24, 2.45) is 10.2 Å². The maximum Gasteiger partial charge on any atom is 0.240 e. The van der Waals surface area contributed by atoms with Crippen LogP contribution in [0.15, 0.2) is 58.7 Å². The fourth-order valence-electron chi connectivity index (χ4n) is 1.91. The summed E-state index contributed by atoms with van der Waals surface area (Å²) in [6.07, 6.45) is 2.67.